The van der Waals surface area contributed by atoms with Gasteiger partial charge >= 0.3 is 5.97 Å². The lowest BCUT2D eigenvalue weighted by atomic mass is 10.0. The Hall–Kier alpha value is -1.65. The molecule has 5 nitrogen and oxygen atoms in total. The molecule has 1 aliphatic heterocycles. The number of carbonyl (C=O) groups is 1. The number of esters is 1. The van der Waals surface area contributed by atoms with Gasteiger partial charge in [-0.25, -0.2) is 9.78 Å². The highest BCUT2D eigenvalue weighted by Crippen LogP contribution is 2.22. The van der Waals surface area contributed by atoms with E-state index in [4.69, 9.17) is 0 Å². The molecule has 1 atom stereocenters. The van der Waals surface area contributed by atoms with E-state index in [1.165, 1.54) is 19.7 Å². The van der Waals surface area contributed by atoms with Gasteiger partial charge in [0.2, 0.25) is 0 Å². The van der Waals surface area contributed by atoms with Gasteiger partial charge in [-0.05, 0) is 26.2 Å². The summed E-state index contributed by atoms with van der Waals surface area (Å²) in [7, 11) is 1.35. The third kappa shape index (κ3) is 2.54. The summed E-state index contributed by atoms with van der Waals surface area (Å²) in [6, 6.07) is 0.450. The maximum atomic E-state index is 11.4. The first-order valence-electron chi connectivity index (χ1n) is 5.89. The number of anilines is 1. The van der Waals surface area contributed by atoms with Crippen molar-refractivity contribution in [3.8, 4) is 0 Å². The van der Waals surface area contributed by atoms with E-state index in [0.29, 0.717) is 6.04 Å². The molecule has 2 heterocycles. The molecule has 1 aromatic heterocycles. The number of methoxy groups -OCH3 is 1. The average Bonchev–Trinajstić information content (AvgIpc) is 2.38. The highest BCUT2D eigenvalue weighted by atomic mass is 16.5. The summed E-state index contributed by atoms with van der Waals surface area (Å²) in [6.45, 7) is 3.14. The quantitative estimate of drug-likeness (QED) is 0.729. The molecule has 5 heteroatoms. The van der Waals surface area contributed by atoms with Crippen LogP contribution in [-0.4, -0.2) is 35.6 Å². The molecule has 1 aliphatic rings. The van der Waals surface area contributed by atoms with Gasteiger partial charge < -0.3 is 9.64 Å². The van der Waals surface area contributed by atoms with Crippen molar-refractivity contribution in [3.05, 3.63) is 18.1 Å². The van der Waals surface area contributed by atoms with Crippen LogP contribution in [0.15, 0.2) is 12.4 Å². The third-order valence-corrected chi connectivity index (χ3v) is 3.11. The molecule has 1 aromatic rings. The minimum Gasteiger partial charge on any atom is -0.464 e. The molecule has 1 fully saturated rings. The molecule has 2 rings (SSSR count). The normalized spacial score (nSPS) is 20.1. The van der Waals surface area contributed by atoms with E-state index in [0.717, 1.165) is 25.2 Å². The first-order valence-corrected chi connectivity index (χ1v) is 5.89. The Kier molecular flexibility index (Phi) is 3.56. The second-order valence-corrected chi connectivity index (χ2v) is 4.29. The van der Waals surface area contributed by atoms with E-state index in [2.05, 4.69) is 26.5 Å². The van der Waals surface area contributed by atoms with Gasteiger partial charge in [0.15, 0.2) is 5.69 Å². The van der Waals surface area contributed by atoms with Crippen LogP contribution in [0.2, 0.25) is 0 Å². The molecule has 92 valence electrons. The molecule has 0 radical (unpaired) electrons. The van der Waals surface area contributed by atoms with Crippen molar-refractivity contribution < 1.29 is 9.53 Å². The SMILES string of the molecule is COC(=O)c1cncc(N2CCCCC2C)n1. The number of aromatic nitrogens is 2. The lowest BCUT2D eigenvalue weighted by molar-refractivity contribution is 0.0593. The van der Waals surface area contributed by atoms with E-state index >= 15 is 0 Å². The van der Waals surface area contributed by atoms with Gasteiger partial charge in [-0.3, -0.25) is 4.98 Å². The number of nitrogens with zero attached hydrogens (tertiary/aromatic N) is 3. The lowest BCUT2D eigenvalue weighted by Crippen LogP contribution is -2.38. The molecule has 0 aliphatic carbocycles. The maximum absolute atomic E-state index is 11.4. The monoisotopic (exact) mass is 235 g/mol. The van der Waals surface area contributed by atoms with Crippen molar-refractivity contribution in [2.24, 2.45) is 0 Å². The van der Waals surface area contributed by atoms with E-state index in [1.807, 2.05) is 0 Å². The Morgan fingerprint density at radius 2 is 2.29 bits per heavy atom. The summed E-state index contributed by atoms with van der Waals surface area (Å²) in [5.74, 6) is 0.323. The van der Waals surface area contributed by atoms with Gasteiger partial charge in [0.25, 0.3) is 0 Å². The first kappa shape index (κ1) is 11.8. The van der Waals surface area contributed by atoms with E-state index in [1.54, 1.807) is 6.20 Å². The summed E-state index contributed by atoms with van der Waals surface area (Å²) < 4.78 is 4.65. The molecule has 1 unspecified atom stereocenters. The van der Waals surface area contributed by atoms with Crippen LogP contribution in [-0.2, 0) is 4.74 Å². The predicted octanol–water partition coefficient (Wildman–Crippen LogP) is 1.64. The van der Waals surface area contributed by atoms with Crippen molar-refractivity contribution in [1.29, 1.82) is 0 Å². The van der Waals surface area contributed by atoms with Crippen molar-refractivity contribution in [3.63, 3.8) is 0 Å². The van der Waals surface area contributed by atoms with Crippen LogP contribution in [0, 0.1) is 0 Å². The molecule has 0 aromatic carbocycles. The van der Waals surface area contributed by atoms with Crippen LogP contribution in [0.1, 0.15) is 36.7 Å². The third-order valence-electron chi connectivity index (χ3n) is 3.11. The fourth-order valence-corrected chi connectivity index (χ4v) is 2.14. The van der Waals surface area contributed by atoms with Gasteiger partial charge in [-0.2, -0.15) is 0 Å². The van der Waals surface area contributed by atoms with E-state index < -0.39 is 5.97 Å². The minimum atomic E-state index is -0.441. The van der Waals surface area contributed by atoms with Gasteiger partial charge in [0, 0.05) is 12.6 Å². The highest BCUT2D eigenvalue weighted by Gasteiger charge is 2.21. The standard InChI is InChI=1S/C12H17N3O2/c1-9-5-3-4-6-15(9)11-8-13-7-10(14-11)12(16)17-2/h7-9H,3-6H2,1-2H3. The summed E-state index contributed by atoms with van der Waals surface area (Å²) in [5, 5.41) is 0. The lowest BCUT2D eigenvalue weighted by Gasteiger charge is -2.34. The number of carbonyl (C=O) groups excluding carboxylic acids is 1. The van der Waals surface area contributed by atoms with Crippen molar-refractivity contribution in [1.82, 2.24) is 9.97 Å². The summed E-state index contributed by atoms with van der Waals surface area (Å²) in [6.07, 6.45) is 6.71. The molecule has 1 saturated heterocycles. The van der Waals surface area contributed by atoms with Crippen LogP contribution in [0.3, 0.4) is 0 Å². The van der Waals surface area contributed by atoms with Gasteiger partial charge in [-0.15, -0.1) is 0 Å². The Morgan fingerprint density at radius 1 is 1.47 bits per heavy atom. The second-order valence-electron chi connectivity index (χ2n) is 4.29. The zero-order valence-electron chi connectivity index (χ0n) is 10.2. The highest BCUT2D eigenvalue weighted by molar-refractivity contribution is 5.87. The molecular formula is C12H17N3O2. The predicted molar refractivity (Wildman–Crippen MR) is 64.0 cm³/mol. The summed E-state index contributed by atoms with van der Waals surface area (Å²) in [4.78, 5) is 21.9. The topological polar surface area (TPSA) is 55.3 Å². The number of piperidine rings is 1. The van der Waals surface area contributed by atoms with Gasteiger partial charge in [-0.1, -0.05) is 0 Å². The van der Waals surface area contributed by atoms with Crippen LogP contribution >= 0.6 is 0 Å². The fraction of sp³-hybridized carbons (Fsp3) is 0.583. The Bertz CT molecular complexity index is 408. The summed E-state index contributed by atoms with van der Waals surface area (Å²) >= 11 is 0. The van der Waals surface area contributed by atoms with Crippen LogP contribution < -0.4 is 4.90 Å². The van der Waals surface area contributed by atoms with Crippen LogP contribution in [0.25, 0.3) is 0 Å². The molecule has 0 amide bonds. The zero-order valence-corrected chi connectivity index (χ0v) is 10.2. The molecule has 0 saturated carbocycles. The molecular weight excluding hydrogens is 218 g/mol. The van der Waals surface area contributed by atoms with Crippen LogP contribution in [0.5, 0.6) is 0 Å². The molecule has 0 bridgehead atoms. The van der Waals surface area contributed by atoms with Gasteiger partial charge in [0.1, 0.15) is 5.82 Å². The number of hydrogen-bond acceptors (Lipinski definition) is 5. The fourth-order valence-electron chi connectivity index (χ4n) is 2.14. The molecule has 0 N–H and O–H groups in total. The first-order chi connectivity index (χ1) is 8.22. The Morgan fingerprint density at radius 3 is 3.00 bits per heavy atom. The average molecular weight is 235 g/mol. The number of ether oxygens (including phenoxy) is 1. The summed E-state index contributed by atoms with van der Waals surface area (Å²) in [5.41, 5.74) is 0.266. The zero-order chi connectivity index (χ0) is 12.3. The van der Waals surface area contributed by atoms with E-state index in [-0.39, 0.29) is 5.69 Å². The van der Waals surface area contributed by atoms with E-state index in [9.17, 15) is 4.79 Å². The minimum absolute atomic E-state index is 0.266. The molecule has 0 spiro atoms. The van der Waals surface area contributed by atoms with Crippen molar-refractivity contribution >= 4 is 11.8 Å². The largest absolute Gasteiger partial charge is 0.464 e. The van der Waals surface area contributed by atoms with Crippen molar-refractivity contribution in [2.75, 3.05) is 18.6 Å². The van der Waals surface area contributed by atoms with Gasteiger partial charge in [0.05, 0.1) is 19.5 Å². The number of rotatable bonds is 2. The smallest absolute Gasteiger partial charge is 0.358 e. The second kappa shape index (κ2) is 5.12. The van der Waals surface area contributed by atoms with Crippen LogP contribution in [0.4, 0.5) is 5.82 Å². The maximum Gasteiger partial charge on any atom is 0.358 e. The molecule has 17 heavy (non-hydrogen) atoms. The van der Waals surface area contributed by atoms with Crippen molar-refractivity contribution in [2.45, 2.75) is 32.2 Å². The Labute approximate surface area is 101 Å². The number of hydrogen-bond donors (Lipinski definition) is 0. The Balaban J connectivity index is 2.23.